The molecular formula is C104H93BN4O. The predicted molar refractivity (Wildman–Crippen MR) is 472 cm³/mol. The maximum atomic E-state index is 9.96. The van der Waals surface area contributed by atoms with Gasteiger partial charge in [-0.3, -0.25) is 0 Å². The Labute approximate surface area is 659 Å². The first-order valence-electron chi connectivity index (χ1n) is 42.7. The molecule has 5 nitrogen and oxygen atoms in total. The topological polar surface area (TPSA) is 29.5 Å². The van der Waals surface area contributed by atoms with Gasteiger partial charge in [0.05, 0.1) is 49.8 Å². The van der Waals surface area contributed by atoms with E-state index in [1.54, 1.807) is 4.57 Å². The highest BCUT2D eigenvalue weighted by molar-refractivity contribution is 7.00. The van der Waals surface area contributed by atoms with Crippen LogP contribution in [0, 0.1) is 0 Å². The highest BCUT2D eigenvalue weighted by Gasteiger charge is 2.47. The van der Waals surface area contributed by atoms with Gasteiger partial charge in [-0.05, 0) is 202 Å². The van der Waals surface area contributed by atoms with E-state index in [4.69, 9.17) is 7.16 Å². The molecule has 14 aromatic carbocycles. The third-order valence-corrected chi connectivity index (χ3v) is 23.3. The Hall–Kier alpha value is -11.9. The minimum absolute atomic E-state index is 0.000216. The van der Waals surface area contributed by atoms with E-state index < -0.39 is 43.0 Å². The molecule has 0 bridgehead atoms. The molecule has 538 valence electrons. The van der Waals surface area contributed by atoms with E-state index in [9.17, 15) is 8.22 Å². The SMILES string of the molecule is [2H]c1c([2H])c([2H])c2c(c1[2H])c1c([2H])c([2H])c([2H])c([2H])c1n2-c1ccc2c(c1)N(c1c(-c3ccccc3)ccc3oc4ccccc4c13)c1cc(-c3cc(C(C)(C)C)cc(C(C)(C)C)c3)cc3c1B2c1ccc(-n2c4ccc(C(C)(C)C)cc4c4cc(C(C)(C)C)ccc42)cc1N3c1c(-c2ccccc2)cc(C(C)(C)C)cc1-c1ccccc1. The summed E-state index contributed by atoms with van der Waals surface area (Å²) in [5.41, 5.74) is 26.2. The van der Waals surface area contributed by atoms with E-state index in [-0.39, 0.29) is 61.0 Å². The van der Waals surface area contributed by atoms with E-state index in [2.05, 4.69) is 337 Å². The van der Waals surface area contributed by atoms with Gasteiger partial charge in [-0.25, -0.2) is 0 Å². The molecule has 110 heavy (non-hydrogen) atoms. The van der Waals surface area contributed by atoms with Crippen molar-refractivity contribution in [2.45, 2.75) is 131 Å². The van der Waals surface area contributed by atoms with Crippen molar-refractivity contribution in [1.82, 2.24) is 9.13 Å². The Balaban J connectivity index is 1.05. The van der Waals surface area contributed by atoms with Crippen molar-refractivity contribution >= 4 is 123 Å². The number of anilines is 6. The van der Waals surface area contributed by atoms with Crippen molar-refractivity contribution in [3.8, 4) is 55.9 Å². The van der Waals surface area contributed by atoms with Crippen LogP contribution in [0.4, 0.5) is 34.1 Å². The quantitative estimate of drug-likeness (QED) is 0.142. The number of rotatable bonds is 8. The van der Waals surface area contributed by atoms with Gasteiger partial charge >= 0.3 is 0 Å². The molecule has 0 radical (unpaired) electrons. The van der Waals surface area contributed by atoms with E-state index >= 15 is 0 Å². The summed E-state index contributed by atoms with van der Waals surface area (Å²) in [7, 11) is 0. The summed E-state index contributed by atoms with van der Waals surface area (Å²) in [4.78, 5) is 5.06. The number of para-hydroxylation sites is 3. The maximum absolute atomic E-state index is 9.96. The molecule has 5 heterocycles. The van der Waals surface area contributed by atoms with Crippen LogP contribution in [0.2, 0.25) is 0 Å². The molecule has 19 rings (SSSR count). The van der Waals surface area contributed by atoms with Gasteiger partial charge in [0.25, 0.3) is 6.71 Å². The van der Waals surface area contributed by atoms with E-state index in [1.807, 2.05) is 24.3 Å². The van der Waals surface area contributed by atoms with E-state index in [1.165, 1.54) is 38.6 Å². The van der Waals surface area contributed by atoms with Crippen LogP contribution >= 0.6 is 0 Å². The number of hydrogen-bond acceptors (Lipinski definition) is 3. The molecule has 0 amide bonds. The third kappa shape index (κ3) is 11.1. The molecule has 0 spiro atoms. The van der Waals surface area contributed by atoms with Crippen LogP contribution in [0.1, 0.15) is 143 Å². The van der Waals surface area contributed by atoms with Gasteiger partial charge in [0.1, 0.15) is 11.2 Å². The van der Waals surface area contributed by atoms with Crippen molar-refractivity contribution in [2.75, 3.05) is 9.80 Å². The Morgan fingerprint density at radius 1 is 0.291 bits per heavy atom. The van der Waals surface area contributed by atoms with Crippen molar-refractivity contribution in [1.29, 1.82) is 0 Å². The molecule has 17 aromatic rings. The highest BCUT2D eigenvalue weighted by Crippen LogP contribution is 2.56. The van der Waals surface area contributed by atoms with Gasteiger partial charge < -0.3 is 23.4 Å². The number of nitrogens with zero attached hydrogens (tertiary/aromatic N) is 4. The lowest BCUT2D eigenvalue weighted by molar-refractivity contribution is 0.569. The van der Waals surface area contributed by atoms with Crippen molar-refractivity contribution in [3.63, 3.8) is 0 Å². The molecule has 3 aromatic heterocycles. The highest BCUT2D eigenvalue weighted by atomic mass is 16.3. The largest absolute Gasteiger partial charge is 0.456 e. The zero-order chi connectivity index (χ0) is 82.8. The Bertz CT molecular complexity index is 6880. The number of furan rings is 1. The smallest absolute Gasteiger partial charge is 0.252 e. The van der Waals surface area contributed by atoms with Gasteiger partial charge in [-0.2, -0.15) is 0 Å². The van der Waals surface area contributed by atoms with Gasteiger partial charge in [-0.1, -0.05) is 292 Å². The number of benzene rings is 14. The maximum Gasteiger partial charge on any atom is 0.252 e. The van der Waals surface area contributed by atoms with Crippen LogP contribution in [0.5, 0.6) is 0 Å². The molecule has 2 aliphatic heterocycles. The minimum Gasteiger partial charge on any atom is -0.456 e. The lowest BCUT2D eigenvalue weighted by Gasteiger charge is -2.46. The fourth-order valence-corrected chi connectivity index (χ4v) is 17.3. The van der Waals surface area contributed by atoms with Gasteiger partial charge in [0.15, 0.2) is 0 Å². The molecule has 0 aliphatic carbocycles. The lowest BCUT2D eigenvalue weighted by atomic mass is 9.33. The summed E-state index contributed by atoms with van der Waals surface area (Å²) in [6, 6.07) is 85.7. The summed E-state index contributed by atoms with van der Waals surface area (Å²) < 4.78 is 87.6. The summed E-state index contributed by atoms with van der Waals surface area (Å²) >= 11 is 0. The first kappa shape index (κ1) is 60.1. The second-order valence-corrected chi connectivity index (χ2v) is 35.6. The molecule has 6 heteroatoms. The lowest BCUT2D eigenvalue weighted by Crippen LogP contribution is -2.61. The zero-order valence-electron chi connectivity index (χ0n) is 73.4. The zero-order valence-corrected chi connectivity index (χ0v) is 65.4. The van der Waals surface area contributed by atoms with Crippen LogP contribution in [-0.4, -0.2) is 15.8 Å². The Morgan fingerprint density at radius 3 is 1.19 bits per heavy atom. The van der Waals surface area contributed by atoms with E-state index in [0.29, 0.717) is 16.9 Å². The minimum atomic E-state index is -0.560. The summed E-state index contributed by atoms with van der Waals surface area (Å²) in [6.45, 7) is 33.8. The van der Waals surface area contributed by atoms with Gasteiger partial charge in [0.2, 0.25) is 0 Å². The first-order valence-corrected chi connectivity index (χ1v) is 38.7. The van der Waals surface area contributed by atoms with Crippen molar-refractivity contribution in [2.24, 2.45) is 0 Å². The predicted octanol–water partition coefficient (Wildman–Crippen LogP) is 27.0. The van der Waals surface area contributed by atoms with Crippen LogP contribution in [0.25, 0.3) is 121 Å². The fourth-order valence-electron chi connectivity index (χ4n) is 17.3. The fraction of sp³-hybridized carbons (Fsp3) is 0.192. The van der Waals surface area contributed by atoms with Crippen LogP contribution in [0.15, 0.2) is 295 Å². The molecule has 0 atom stereocenters. The Morgan fingerprint density at radius 2 is 0.709 bits per heavy atom. The Kier molecular flexibility index (Phi) is 13.6. The molecule has 0 N–H and O–H groups in total. The number of fused-ring (bicyclic) bond motifs is 13. The molecule has 2 aliphatic rings. The average molecular weight is 1430 g/mol. The average Bonchev–Trinajstić information content (AvgIpc) is 0.946. The van der Waals surface area contributed by atoms with Crippen LogP contribution in [-0.2, 0) is 27.1 Å². The van der Waals surface area contributed by atoms with Crippen molar-refractivity contribution in [3.05, 3.63) is 319 Å². The van der Waals surface area contributed by atoms with Crippen LogP contribution < -0.4 is 26.2 Å². The second-order valence-electron chi connectivity index (χ2n) is 35.6. The summed E-state index contributed by atoms with van der Waals surface area (Å²) in [5, 5.41) is 4.10. The normalized spacial score (nSPS) is 14.4. The molecule has 0 fully saturated rings. The van der Waals surface area contributed by atoms with Crippen molar-refractivity contribution < 1.29 is 15.4 Å². The molecule has 0 saturated carbocycles. The van der Waals surface area contributed by atoms with Gasteiger partial charge in [-0.15, -0.1) is 0 Å². The van der Waals surface area contributed by atoms with E-state index in [0.717, 1.165) is 123 Å². The molecule has 0 saturated heterocycles. The summed E-state index contributed by atoms with van der Waals surface area (Å²) in [5.74, 6) is 0. The monoisotopic (exact) mass is 1430 g/mol. The standard InChI is InChI=1S/C104H93BN4O/c1-100(2,3)69-43-50-88-82(58-69)83-59-70(101(4,5)6)44-51-89(83)107(88)75-46-48-84-90(62-75)108(98-80(65-33-21-17-22-34-65)60-73(104(13,14)15)61-81(98)66-35-23-18-24-36-66)92-55-68(67-53-71(102(7,8)9)57-72(54-67)103(10,11)12)56-93-97(92)105(84)85-49-45-74(106-86-40-28-25-37-77(86)78-38-26-29-41-87(78)106)63-91(85)109(93)99-76(64-31-19-16-20-32-64)47-52-95-96(99)79-39-27-30-42-94(79)110-95/h16-63H,1-15H3/i25D,26D,28D,29D,37D,38D,40D,41D. The first-order chi connectivity index (χ1) is 56.0. The molecular weight excluding hydrogens is 1330 g/mol. The summed E-state index contributed by atoms with van der Waals surface area (Å²) in [6.07, 6.45) is 0. The molecule has 0 unspecified atom stereocenters. The van der Waals surface area contributed by atoms with Crippen LogP contribution in [0.3, 0.4) is 0 Å². The van der Waals surface area contributed by atoms with Gasteiger partial charge in [0, 0.05) is 77.7 Å². The number of hydrogen-bond donors (Lipinski definition) is 0. The third-order valence-electron chi connectivity index (χ3n) is 23.3. The second kappa shape index (κ2) is 24.8. The number of aromatic nitrogens is 2.